The molecule has 0 saturated carbocycles. The van der Waals surface area contributed by atoms with Crippen LogP contribution in [0.25, 0.3) is 0 Å². The highest BCUT2D eigenvalue weighted by Crippen LogP contribution is 2.34. The molecule has 3 aliphatic rings. The Labute approximate surface area is 77.5 Å². The van der Waals surface area contributed by atoms with Crippen LogP contribution in [0.2, 0.25) is 0 Å². The molecule has 1 spiro atoms. The minimum atomic E-state index is 0.0151. The summed E-state index contributed by atoms with van der Waals surface area (Å²) in [6.45, 7) is 0.820. The van der Waals surface area contributed by atoms with Gasteiger partial charge in [-0.2, -0.15) is 0 Å². The quantitative estimate of drug-likeness (QED) is 0.491. The van der Waals surface area contributed by atoms with Crippen molar-refractivity contribution in [2.24, 2.45) is 0 Å². The third-order valence-electron chi connectivity index (χ3n) is 3.58. The summed E-state index contributed by atoms with van der Waals surface area (Å²) < 4.78 is 0. The highest BCUT2D eigenvalue weighted by atomic mass is 16.2. The molecule has 3 N–H and O–H groups in total. The summed E-state index contributed by atoms with van der Waals surface area (Å²) in [6.07, 6.45) is 4.76. The van der Waals surface area contributed by atoms with Crippen molar-refractivity contribution in [3.63, 3.8) is 0 Å². The molecule has 13 heavy (non-hydrogen) atoms. The third-order valence-corrected chi connectivity index (χ3v) is 3.58. The van der Waals surface area contributed by atoms with Gasteiger partial charge in [0, 0.05) is 18.6 Å². The van der Waals surface area contributed by atoms with Crippen LogP contribution in [0.1, 0.15) is 25.7 Å². The summed E-state index contributed by atoms with van der Waals surface area (Å²) in [6, 6.07) is 1.29. The average Bonchev–Trinajstić information content (AvgIpc) is 2.58. The van der Waals surface area contributed by atoms with Gasteiger partial charge in [0.25, 0.3) is 0 Å². The number of urea groups is 1. The largest absolute Gasteiger partial charge is 0.336 e. The van der Waals surface area contributed by atoms with E-state index in [-0.39, 0.29) is 11.6 Å². The van der Waals surface area contributed by atoms with E-state index in [9.17, 15) is 4.79 Å². The van der Waals surface area contributed by atoms with Gasteiger partial charge >= 0.3 is 6.03 Å². The Morgan fingerprint density at radius 2 is 1.92 bits per heavy atom. The van der Waals surface area contributed by atoms with Crippen molar-refractivity contribution < 1.29 is 4.79 Å². The molecule has 2 bridgehead atoms. The molecule has 3 saturated heterocycles. The fourth-order valence-electron chi connectivity index (χ4n) is 3.08. The highest BCUT2D eigenvalue weighted by molar-refractivity contribution is 5.77. The monoisotopic (exact) mass is 181 g/mol. The number of hydrogen-bond donors (Lipinski definition) is 3. The first-order chi connectivity index (χ1) is 6.26. The van der Waals surface area contributed by atoms with Crippen molar-refractivity contribution in [2.45, 2.75) is 43.3 Å². The van der Waals surface area contributed by atoms with Crippen LogP contribution in [0.15, 0.2) is 0 Å². The Morgan fingerprint density at radius 3 is 2.46 bits per heavy atom. The molecule has 0 radical (unpaired) electrons. The zero-order chi connectivity index (χ0) is 8.89. The maximum Gasteiger partial charge on any atom is 0.315 e. The molecular formula is C9H15N3O. The number of rotatable bonds is 0. The summed E-state index contributed by atoms with van der Waals surface area (Å²) in [5.74, 6) is 0. The zero-order valence-electron chi connectivity index (χ0n) is 7.60. The molecule has 2 unspecified atom stereocenters. The van der Waals surface area contributed by atoms with Gasteiger partial charge in [-0.15, -0.1) is 0 Å². The van der Waals surface area contributed by atoms with Crippen LogP contribution in [0.3, 0.4) is 0 Å². The topological polar surface area (TPSA) is 53.2 Å². The second-order valence-corrected chi connectivity index (χ2v) is 4.63. The lowest BCUT2D eigenvalue weighted by Gasteiger charge is -2.37. The van der Waals surface area contributed by atoms with Gasteiger partial charge in [-0.25, -0.2) is 4.79 Å². The zero-order valence-corrected chi connectivity index (χ0v) is 7.60. The molecule has 3 rings (SSSR count). The van der Waals surface area contributed by atoms with Crippen LogP contribution >= 0.6 is 0 Å². The van der Waals surface area contributed by atoms with Crippen LogP contribution in [-0.4, -0.2) is 30.2 Å². The highest BCUT2D eigenvalue weighted by Gasteiger charge is 2.47. The van der Waals surface area contributed by atoms with E-state index >= 15 is 0 Å². The Hall–Kier alpha value is -0.770. The van der Waals surface area contributed by atoms with Crippen LogP contribution < -0.4 is 16.0 Å². The molecule has 72 valence electrons. The molecule has 0 aromatic carbocycles. The maximum absolute atomic E-state index is 11.1. The number of carbonyl (C=O) groups is 1. The van der Waals surface area contributed by atoms with Gasteiger partial charge in [0.05, 0.1) is 5.54 Å². The van der Waals surface area contributed by atoms with Crippen molar-refractivity contribution in [1.82, 2.24) is 16.0 Å². The number of fused-ring (bicyclic) bond motifs is 2. The Balaban J connectivity index is 1.81. The molecule has 3 heterocycles. The number of carbonyl (C=O) groups excluding carboxylic acids is 1. The summed E-state index contributed by atoms with van der Waals surface area (Å²) >= 11 is 0. The molecule has 0 aromatic rings. The van der Waals surface area contributed by atoms with Crippen molar-refractivity contribution in [3.05, 3.63) is 0 Å². The Morgan fingerprint density at radius 1 is 1.23 bits per heavy atom. The predicted octanol–water partition coefficient (Wildman–Crippen LogP) is -0.0476. The predicted molar refractivity (Wildman–Crippen MR) is 48.4 cm³/mol. The fraction of sp³-hybridized carbons (Fsp3) is 0.889. The van der Waals surface area contributed by atoms with Gasteiger partial charge < -0.3 is 16.0 Å². The molecule has 2 atom stereocenters. The van der Waals surface area contributed by atoms with E-state index in [1.165, 1.54) is 12.8 Å². The third kappa shape index (κ3) is 1.12. The summed E-state index contributed by atoms with van der Waals surface area (Å²) in [7, 11) is 0. The lowest BCUT2D eigenvalue weighted by atomic mass is 9.85. The molecule has 3 aliphatic heterocycles. The molecule has 0 aromatic heterocycles. The summed E-state index contributed by atoms with van der Waals surface area (Å²) in [5, 5.41) is 9.53. The molecule has 2 amide bonds. The Bertz CT molecular complexity index is 241. The second kappa shape index (κ2) is 2.38. The van der Waals surface area contributed by atoms with E-state index < -0.39 is 0 Å². The minimum Gasteiger partial charge on any atom is -0.336 e. The SMILES string of the molecule is O=C1NCC2(CC3CCC(C2)N3)N1. The molecule has 3 fully saturated rings. The first-order valence-corrected chi connectivity index (χ1v) is 5.08. The summed E-state index contributed by atoms with van der Waals surface area (Å²) in [5.41, 5.74) is 0.0775. The fourth-order valence-corrected chi connectivity index (χ4v) is 3.08. The van der Waals surface area contributed by atoms with E-state index in [0.717, 1.165) is 19.4 Å². The van der Waals surface area contributed by atoms with Crippen molar-refractivity contribution in [3.8, 4) is 0 Å². The average molecular weight is 181 g/mol. The van der Waals surface area contributed by atoms with E-state index in [1.54, 1.807) is 0 Å². The lowest BCUT2D eigenvalue weighted by molar-refractivity contribution is 0.223. The number of amides is 2. The lowest BCUT2D eigenvalue weighted by Crippen LogP contribution is -2.55. The standard InChI is InChI=1S/C9H15N3O/c13-8-10-5-9(12-8)3-6-1-2-7(4-9)11-6/h6-7,11H,1-5H2,(H2,10,12,13). The van der Waals surface area contributed by atoms with Gasteiger partial charge in [-0.05, 0) is 25.7 Å². The number of hydrogen-bond acceptors (Lipinski definition) is 2. The van der Waals surface area contributed by atoms with Crippen LogP contribution in [0.5, 0.6) is 0 Å². The van der Waals surface area contributed by atoms with Crippen molar-refractivity contribution >= 4 is 6.03 Å². The molecule has 4 nitrogen and oxygen atoms in total. The van der Waals surface area contributed by atoms with Crippen molar-refractivity contribution in [2.75, 3.05) is 6.54 Å². The number of nitrogens with one attached hydrogen (secondary N) is 3. The first-order valence-electron chi connectivity index (χ1n) is 5.08. The first kappa shape index (κ1) is 7.62. The van der Waals surface area contributed by atoms with E-state index in [4.69, 9.17) is 0 Å². The molecular weight excluding hydrogens is 166 g/mol. The van der Waals surface area contributed by atoms with E-state index in [1.807, 2.05) is 0 Å². The van der Waals surface area contributed by atoms with Crippen molar-refractivity contribution in [1.29, 1.82) is 0 Å². The maximum atomic E-state index is 11.1. The van der Waals surface area contributed by atoms with Gasteiger partial charge in [0.1, 0.15) is 0 Å². The minimum absolute atomic E-state index is 0.0151. The Kier molecular flexibility index (Phi) is 1.39. The second-order valence-electron chi connectivity index (χ2n) is 4.63. The number of piperidine rings is 1. The van der Waals surface area contributed by atoms with E-state index in [0.29, 0.717) is 12.1 Å². The van der Waals surface area contributed by atoms with Gasteiger partial charge in [0.2, 0.25) is 0 Å². The van der Waals surface area contributed by atoms with E-state index in [2.05, 4.69) is 16.0 Å². The van der Waals surface area contributed by atoms with Crippen LogP contribution in [-0.2, 0) is 0 Å². The molecule has 0 aliphatic carbocycles. The summed E-state index contributed by atoms with van der Waals surface area (Å²) in [4.78, 5) is 11.1. The molecule has 4 heteroatoms. The van der Waals surface area contributed by atoms with Gasteiger partial charge in [0.15, 0.2) is 0 Å². The normalized spacial score (nSPS) is 47.8. The van der Waals surface area contributed by atoms with Gasteiger partial charge in [-0.3, -0.25) is 0 Å². The smallest absolute Gasteiger partial charge is 0.315 e. The van der Waals surface area contributed by atoms with Crippen LogP contribution in [0.4, 0.5) is 4.79 Å². The van der Waals surface area contributed by atoms with Crippen LogP contribution in [0, 0.1) is 0 Å². The van der Waals surface area contributed by atoms with Gasteiger partial charge in [-0.1, -0.05) is 0 Å².